The molecule has 0 spiro atoms. The van der Waals surface area contributed by atoms with Gasteiger partial charge < -0.3 is 24.2 Å². The second-order valence-corrected chi connectivity index (χ2v) is 25.7. The molecule has 0 amide bonds. The number of aryl methyl sites for hydroxylation is 1. The van der Waals surface area contributed by atoms with Crippen LogP contribution in [0.3, 0.4) is 0 Å². The van der Waals surface area contributed by atoms with Crippen LogP contribution in [-0.2, 0) is 16.2 Å². The highest BCUT2D eigenvalue weighted by Gasteiger charge is 2.45. The average molecular weight is 1070 g/mol. The van der Waals surface area contributed by atoms with Gasteiger partial charge in [-0.05, 0) is 175 Å². The number of anilines is 9. The van der Waals surface area contributed by atoms with E-state index < -0.39 is 0 Å². The second kappa shape index (κ2) is 20.4. The lowest BCUT2D eigenvalue weighted by atomic mass is 9.33. The van der Waals surface area contributed by atoms with Crippen LogP contribution in [0.4, 0.5) is 51.2 Å². The van der Waals surface area contributed by atoms with Gasteiger partial charge in [-0.1, -0.05) is 190 Å². The van der Waals surface area contributed by atoms with Crippen LogP contribution in [0.1, 0.15) is 91.0 Å². The van der Waals surface area contributed by atoms with Gasteiger partial charge in [0, 0.05) is 63.5 Å². The van der Waals surface area contributed by atoms with Gasteiger partial charge in [-0.3, -0.25) is 0 Å². The Morgan fingerprint density at radius 2 is 0.878 bits per heavy atom. The fraction of sp³-hybridized carbons (Fsp3) is 0.211. The summed E-state index contributed by atoms with van der Waals surface area (Å²) >= 11 is 0. The summed E-state index contributed by atoms with van der Waals surface area (Å²) in [6.07, 6.45) is 0.810. The van der Waals surface area contributed by atoms with Gasteiger partial charge in [0.2, 0.25) is 0 Å². The topological polar surface area (TPSA) is 28.2 Å². The quantitative estimate of drug-likeness (QED) is 0.141. The Morgan fingerprint density at radius 1 is 0.378 bits per heavy atom. The van der Waals surface area contributed by atoms with E-state index in [0.717, 1.165) is 85.8 Å². The van der Waals surface area contributed by atoms with Crippen LogP contribution in [0.2, 0.25) is 0 Å². The number of rotatable bonds is 8. The molecule has 0 fully saturated rings. The van der Waals surface area contributed by atoms with Gasteiger partial charge in [-0.15, -0.1) is 0 Å². The molecule has 0 radical (unpaired) electrons. The van der Waals surface area contributed by atoms with Gasteiger partial charge in [0.15, 0.2) is 11.5 Å². The van der Waals surface area contributed by atoms with Gasteiger partial charge in [0.25, 0.3) is 6.71 Å². The lowest BCUT2D eigenvalue weighted by Gasteiger charge is -2.45. The van der Waals surface area contributed by atoms with Crippen LogP contribution in [0.15, 0.2) is 218 Å². The van der Waals surface area contributed by atoms with Crippen molar-refractivity contribution in [1.29, 1.82) is 0 Å². The van der Waals surface area contributed by atoms with E-state index in [-0.39, 0.29) is 23.0 Å². The van der Waals surface area contributed by atoms with Crippen molar-refractivity contribution in [3.63, 3.8) is 0 Å². The normalized spacial score (nSPS) is 13.7. The monoisotopic (exact) mass is 1070 g/mol. The van der Waals surface area contributed by atoms with E-state index in [1.165, 1.54) is 55.3 Å². The molecule has 13 rings (SSSR count). The van der Waals surface area contributed by atoms with E-state index >= 15 is 0 Å². The van der Waals surface area contributed by atoms with Crippen molar-refractivity contribution >= 4 is 74.3 Å². The van der Waals surface area contributed by atoms with E-state index in [1.54, 1.807) is 0 Å². The lowest BCUT2D eigenvalue weighted by Crippen LogP contribution is -2.61. The molecule has 0 unspecified atom stereocenters. The Bertz CT molecular complexity index is 3910. The van der Waals surface area contributed by atoms with E-state index in [2.05, 4.69) is 302 Å². The highest BCUT2D eigenvalue weighted by molar-refractivity contribution is 7.00. The molecule has 10 aromatic carbocycles. The summed E-state index contributed by atoms with van der Waals surface area (Å²) in [5, 5.41) is 0. The zero-order valence-electron chi connectivity index (χ0n) is 49.1. The summed E-state index contributed by atoms with van der Waals surface area (Å²) in [5.74, 6) is 1.56. The zero-order valence-corrected chi connectivity index (χ0v) is 49.1. The third kappa shape index (κ3) is 9.62. The summed E-state index contributed by atoms with van der Waals surface area (Å²) in [5.41, 5.74) is 25.5. The van der Waals surface area contributed by atoms with Gasteiger partial charge >= 0.3 is 0 Å². The van der Waals surface area contributed by atoms with E-state index in [0.29, 0.717) is 13.2 Å². The maximum Gasteiger partial charge on any atom is 0.252 e. The molecule has 3 aliphatic heterocycles. The van der Waals surface area contributed by atoms with Gasteiger partial charge in [-0.2, -0.15) is 0 Å². The summed E-state index contributed by atoms with van der Waals surface area (Å²) in [6.45, 7) is 23.9. The molecule has 0 bridgehead atoms. The maximum absolute atomic E-state index is 6.68. The van der Waals surface area contributed by atoms with Crippen LogP contribution in [0.25, 0.3) is 33.4 Å². The summed E-state index contributed by atoms with van der Waals surface area (Å²) < 4.78 is 13.3. The Labute approximate surface area is 486 Å². The minimum absolute atomic E-state index is 0.0183. The zero-order chi connectivity index (χ0) is 56.7. The number of para-hydroxylation sites is 2. The van der Waals surface area contributed by atoms with E-state index in [9.17, 15) is 0 Å². The molecule has 0 aliphatic carbocycles. The summed E-state index contributed by atoms with van der Waals surface area (Å²) in [4.78, 5) is 7.52. The molecular formula is C76H72BN3O2. The number of hydrogen-bond donors (Lipinski definition) is 0. The minimum Gasteiger partial charge on any atom is -0.490 e. The fourth-order valence-electron chi connectivity index (χ4n) is 12.5. The first-order chi connectivity index (χ1) is 39.5. The summed E-state index contributed by atoms with van der Waals surface area (Å²) in [6, 6.07) is 81.9. The largest absolute Gasteiger partial charge is 0.490 e. The molecule has 0 N–H and O–H groups in total. The van der Waals surface area contributed by atoms with Crippen molar-refractivity contribution < 1.29 is 9.47 Å². The molecule has 0 saturated heterocycles. The molecule has 82 heavy (non-hydrogen) atoms. The van der Waals surface area contributed by atoms with Crippen molar-refractivity contribution in [2.24, 2.45) is 0 Å². The highest BCUT2D eigenvalue weighted by Crippen LogP contribution is 2.51. The molecule has 0 aromatic heterocycles. The van der Waals surface area contributed by atoms with Crippen molar-refractivity contribution in [2.45, 2.75) is 91.9 Å². The third-order valence-electron chi connectivity index (χ3n) is 16.9. The molecule has 5 nitrogen and oxygen atoms in total. The third-order valence-corrected chi connectivity index (χ3v) is 16.9. The number of ether oxygens (including phenoxy) is 2. The predicted molar refractivity (Wildman–Crippen MR) is 348 cm³/mol. The van der Waals surface area contributed by atoms with Crippen LogP contribution >= 0.6 is 0 Å². The molecular weight excluding hydrogens is 998 g/mol. The fourth-order valence-corrected chi connectivity index (χ4v) is 12.5. The second-order valence-electron chi connectivity index (χ2n) is 25.7. The van der Waals surface area contributed by atoms with Crippen molar-refractivity contribution in [3.8, 4) is 44.9 Å². The Hall–Kier alpha value is -8.74. The molecule has 3 aliphatic rings. The predicted octanol–water partition coefficient (Wildman–Crippen LogP) is 18.6. The summed E-state index contributed by atoms with van der Waals surface area (Å²) in [7, 11) is 0. The van der Waals surface area contributed by atoms with Crippen LogP contribution in [0.5, 0.6) is 11.5 Å². The van der Waals surface area contributed by atoms with Crippen LogP contribution in [0, 0.1) is 6.92 Å². The number of nitrogens with zero attached hydrogens (tertiary/aromatic N) is 3. The molecule has 0 saturated carbocycles. The Balaban J connectivity index is 1.13. The average Bonchev–Trinajstić information content (AvgIpc) is 1.09. The maximum atomic E-state index is 6.68. The molecule has 6 heteroatoms. The van der Waals surface area contributed by atoms with Crippen molar-refractivity contribution in [2.75, 3.05) is 27.9 Å². The Kier molecular flexibility index (Phi) is 13.1. The van der Waals surface area contributed by atoms with Crippen LogP contribution in [-0.4, -0.2) is 19.9 Å². The molecule has 0 atom stereocenters. The number of hydrogen-bond acceptors (Lipinski definition) is 5. The molecule has 10 aromatic rings. The Morgan fingerprint density at radius 3 is 1.43 bits per heavy atom. The standard InChI is InChI=1S/C76H72BN3O2/c1-50-41-69-73-70(42-50)80(66-38-35-58(76(8,9)10)46-63(66)53-21-14-11-15-22-53)68-49-72-71(81-39-20-40-82-72)48-65(68)77(73)64-37-36-61(78(59-23-16-12-17-24-59)60-25-18-13-19-26-60)47-67(64)79(69)62-44-54(51-27-31-56(32-28-51)74(2,3)4)43-55(45-62)52-29-33-57(34-30-52)75(5,6)7/h11-19,21-38,41-49H,20,39-40H2,1-10H3. The van der Waals surface area contributed by atoms with Gasteiger partial charge in [0.05, 0.1) is 18.9 Å². The lowest BCUT2D eigenvalue weighted by molar-refractivity contribution is 0.297. The molecule has 406 valence electrons. The van der Waals surface area contributed by atoms with Gasteiger partial charge in [-0.25, -0.2) is 0 Å². The van der Waals surface area contributed by atoms with E-state index in [1.807, 2.05) is 0 Å². The first-order valence-corrected chi connectivity index (χ1v) is 29.3. The van der Waals surface area contributed by atoms with Crippen LogP contribution < -0.4 is 40.6 Å². The van der Waals surface area contributed by atoms with Gasteiger partial charge in [0.1, 0.15) is 0 Å². The number of fused-ring (bicyclic) bond motifs is 5. The van der Waals surface area contributed by atoms with E-state index in [4.69, 9.17) is 9.47 Å². The first-order valence-electron chi connectivity index (χ1n) is 29.3. The first kappa shape index (κ1) is 52.6. The smallest absolute Gasteiger partial charge is 0.252 e. The number of benzene rings is 10. The van der Waals surface area contributed by atoms with Crippen molar-refractivity contribution in [1.82, 2.24) is 0 Å². The van der Waals surface area contributed by atoms with Crippen molar-refractivity contribution in [3.05, 3.63) is 241 Å². The highest BCUT2D eigenvalue weighted by atomic mass is 16.5. The SMILES string of the molecule is Cc1cc2c3c(c1)N(c1ccc(C(C)(C)C)cc1-c1ccccc1)c1cc4c(cc1B3c1ccc(N(c3ccccc3)c3ccccc3)cc1N2c1cc(-c2ccc(C(C)(C)C)cc2)cc(-c2ccc(C(C)(C)C)cc2)c1)OCCCO4. The molecule has 3 heterocycles. The minimum atomic E-state index is -0.178.